The Kier molecular flexibility index (Phi) is 7.56. The second-order valence-corrected chi connectivity index (χ2v) is 6.31. The van der Waals surface area contributed by atoms with Gasteiger partial charge in [-0.25, -0.2) is 20.7 Å². The van der Waals surface area contributed by atoms with E-state index in [1.54, 1.807) is 35.6 Å². The van der Waals surface area contributed by atoms with Gasteiger partial charge >= 0.3 is 6.03 Å². The molecular weight excluding hydrogens is 388 g/mol. The molecule has 7 nitrogen and oxygen atoms in total. The van der Waals surface area contributed by atoms with E-state index in [9.17, 15) is 10.0 Å². The van der Waals surface area contributed by atoms with Crippen molar-refractivity contribution in [2.75, 3.05) is 0 Å². The number of nitrogens with zero attached hydrogens (tertiary/aromatic N) is 2. The number of nitrogens with one attached hydrogen (secondary N) is 1. The lowest BCUT2D eigenvalue weighted by atomic mass is 10.2. The highest BCUT2D eigenvalue weighted by Gasteiger charge is 2.09. The minimum absolute atomic E-state index is 0. The molecule has 0 spiro atoms. The van der Waals surface area contributed by atoms with E-state index < -0.39 is 6.03 Å². The van der Waals surface area contributed by atoms with Gasteiger partial charge in [0.2, 0.25) is 0 Å². The zero-order valence-corrected chi connectivity index (χ0v) is 15.9. The molecule has 0 unspecified atom stereocenters. The van der Waals surface area contributed by atoms with Crippen LogP contribution in [0, 0.1) is 0 Å². The van der Waals surface area contributed by atoms with Crippen LogP contribution in [-0.2, 0) is 13.2 Å². The largest absolute Gasteiger partial charge is 0.487 e. The second kappa shape index (κ2) is 9.89. The number of thiazole rings is 1. The van der Waals surface area contributed by atoms with Crippen LogP contribution in [0.5, 0.6) is 5.75 Å². The average molecular weight is 407 g/mol. The first-order chi connectivity index (χ1) is 12.7. The maximum absolute atomic E-state index is 11.2. The standard InChI is InChI=1S/C18H18N4O3S.ClH/c19-21-18(23)22(24)10-13-6-8-16(9-7-13)25-11-15-12-26-17(20-15)14-4-2-1-3-5-14;/h1-9,12,24H,10-11,19H2,(H,21,23);1H. The van der Waals surface area contributed by atoms with E-state index in [1.165, 1.54) is 0 Å². The van der Waals surface area contributed by atoms with Crippen LogP contribution in [0.2, 0.25) is 0 Å². The van der Waals surface area contributed by atoms with Crippen molar-refractivity contribution in [1.29, 1.82) is 0 Å². The number of aromatic nitrogens is 1. The maximum Gasteiger partial charge on any atom is 0.355 e. The van der Waals surface area contributed by atoms with Crippen molar-refractivity contribution in [2.24, 2.45) is 5.84 Å². The number of rotatable bonds is 6. The number of urea groups is 1. The minimum atomic E-state index is -0.775. The molecule has 2 amide bonds. The number of hydrazine groups is 1. The molecule has 1 aromatic heterocycles. The summed E-state index contributed by atoms with van der Waals surface area (Å²) in [6, 6.07) is 16.3. The topological polar surface area (TPSA) is 101 Å². The molecule has 1 heterocycles. The third-order valence-corrected chi connectivity index (χ3v) is 4.51. The number of carbonyl (C=O) groups is 1. The van der Waals surface area contributed by atoms with E-state index >= 15 is 0 Å². The number of carbonyl (C=O) groups excluding carboxylic acids is 1. The molecule has 0 saturated carbocycles. The van der Waals surface area contributed by atoms with Crippen molar-refractivity contribution >= 4 is 29.8 Å². The van der Waals surface area contributed by atoms with Crippen molar-refractivity contribution in [3.63, 3.8) is 0 Å². The van der Waals surface area contributed by atoms with Gasteiger partial charge in [-0.15, -0.1) is 23.7 Å². The lowest BCUT2D eigenvalue weighted by Gasteiger charge is -2.14. The van der Waals surface area contributed by atoms with Gasteiger partial charge in [0.1, 0.15) is 17.4 Å². The van der Waals surface area contributed by atoms with E-state index in [2.05, 4.69) is 4.98 Å². The summed E-state index contributed by atoms with van der Waals surface area (Å²) in [5, 5.41) is 12.9. The van der Waals surface area contributed by atoms with Gasteiger partial charge in [0.15, 0.2) is 0 Å². The molecule has 4 N–H and O–H groups in total. The average Bonchev–Trinajstić information content (AvgIpc) is 3.16. The van der Waals surface area contributed by atoms with Gasteiger partial charge in [0.25, 0.3) is 0 Å². The maximum atomic E-state index is 11.2. The summed E-state index contributed by atoms with van der Waals surface area (Å²) in [4.78, 5) is 15.7. The monoisotopic (exact) mass is 406 g/mol. The summed E-state index contributed by atoms with van der Waals surface area (Å²) in [5.74, 6) is 5.63. The lowest BCUT2D eigenvalue weighted by molar-refractivity contribution is -0.0507. The van der Waals surface area contributed by atoms with E-state index in [0.717, 1.165) is 21.8 Å². The first-order valence-electron chi connectivity index (χ1n) is 7.84. The minimum Gasteiger partial charge on any atom is -0.487 e. The van der Waals surface area contributed by atoms with Crippen molar-refractivity contribution in [1.82, 2.24) is 15.5 Å². The number of hydrogen-bond acceptors (Lipinski definition) is 6. The summed E-state index contributed by atoms with van der Waals surface area (Å²) >= 11 is 1.58. The third kappa shape index (κ3) is 5.66. The van der Waals surface area contributed by atoms with Crippen LogP contribution in [0.25, 0.3) is 10.6 Å². The van der Waals surface area contributed by atoms with Gasteiger partial charge in [-0.3, -0.25) is 10.6 Å². The Hall–Kier alpha value is -2.65. The van der Waals surface area contributed by atoms with Gasteiger partial charge < -0.3 is 4.74 Å². The van der Waals surface area contributed by atoms with Crippen LogP contribution in [0.1, 0.15) is 11.3 Å². The Morgan fingerprint density at radius 3 is 2.56 bits per heavy atom. The van der Waals surface area contributed by atoms with Crippen molar-refractivity contribution in [3.8, 4) is 16.3 Å². The molecule has 0 aliphatic rings. The molecule has 0 radical (unpaired) electrons. The molecule has 0 aliphatic carbocycles. The molecule has 2 aromatic carbocycles. The van der Waals surface area contributed by atoms with Crippen LogP contribution in [0.15, 0.2) is 60.0 Å². The molecule has 0 saturated heterocycles. The Bertz CT molecular complexity index is 859. The van der Waals surface area contributed by atoms with E-state index in [1.807, 2.05) is 41.1 Å². The smallest absolute Gasteiger partial charge is 0.355 e. The molecule has 27 heavy (non-hydrogen) atoms. The van der Waals surface area contributed by atoms with Crippen LogP contribution in [0.4, 0.5) is 4.79 Å². The fourth-order valence-electron chi connectivity index (χ4n) is 2.25. The van der Waals surface area contributed by atoms with Crippen LogP contribution < -0.4 is 16.0 Å². The second-order valence-electron chi connectivity index (χ2n) is 5.45. The summed E-state index contributed by atoms with van der Waals surface area (Å²) in [5.41, 5.74) is 4.54. The zero-order valence-electron chi connectivity index (χ0n) is 14.2. The van der Waals surface area contributed by atoms with E-state index in [-0.39, 0.29) is 19.0 Å². The Labute approximate surface area is 166 Å². The number of nitrogens with two attached hydrogens (primary N) is 1. The van der Waals surface area contributed by atoms with Gasteiger partial charge in [-0.05, 0) is 17.7 Å². The number of benzene rings is 2. The predicted octanol–water partition coefficient (Wildman–Crippen LogP) is 3.59. The number of ether oxygens (including phenoxy) is 1. The molecule has 0 aliphatic heterocycles. The molecule has 0 fully saturated rings. The summed E-state index contributed by atoms with van der Waals surface area (Å²) in [6.07, 6.45) is 0. The molecular formula is C18H19ClN4O3S. The van der Waals surface area contributed by atoms with Crippen LogP contribution >= 0.6 is 23.7 Å². The van der Waals surface area contributed by atoms with Crippen molar-refractivity contribution in [3.05, 3.63) is 71.2 Å². The van der Waals surface area contributed by atoms with Crippen molar-refractivity contribution < 1.29 is 14.7 Å². The summed E-state index contributed by atoms with van der Waals surface area (Å²) in [6.45, 7) is 0.389. The zero-order chi connectivity index (χ0) is 18.4. The molecule has 0 bridgehead atoms. The highest BCUT2D eigenvalue weighted by Crippen LogP contribution is 2.24. The lowest BCUT2D eigenvalue weighted by Crippen LogP contribution is -2.41. The van der Waals surface area contributed by atoms with Crippen LogP contribution in [-0.4, -0.2) is 21.3 Å². The highest BCUT2D eigenvalue weighted by atomic mass is 35.5. The van der Waals surface area contributed by atoms with Gasteiger partial charge in [0.05, 0.1) is 12.2 Å². The Morgan fingerprint density at radius 2 is 1.89 bits per heavy atom. The quantitative estimate of drug-likeness (QED) is 0.251. The Balaban J connectivity index is 0.00000261. The molecule has 3 rings (SSSR count). The Morgan fingerprint density at radius 1 is 1.19 bits per heavy atom. The summed E-state index contributed by atoms with van der Waals surface area (Å²) < 4.78 is 5.74. The number of amides is 2. The van der Waals surface area contributed by atoms with E-state index in [0.29, 0.717) is 17.4 Å². The predicted molar refractivity (Wildman–Crippen MR) is 106 cm³/mol. The van der Waals surface area contributed by atoms with Gasteiger partial charge in [-0.1, -0.05) is 42.5 Å². The molecule has 142 valence electrons. The highest BCUT2D eigenvalue weighted by molar-refractivity contribution is 7.13. The van der Waals surface area contributed by atoms with Gasteiger partial charge in [-0.2, -0.15) is 0 Å². The molecule has 9 heteroatoms. The van der Waals surface area contributed by atoms with E-state index in [4.69, 9.17) is 10.6 Å². The number of hydrogen-bond donors (Lipinski definition) is 3. The van der Waals surface area contributed by atoms with Crippen molar-refractivity contribution in [2.45, 2.75) is 13.2 Å². The SMILES string of the molecule is Cl.NNC(=O)N(O)Cc1ccc(OCc2csc(-c3ccccc3)n2)cc1. The van der Waals surface area contributed by atoms with Gasteiger partial charge in [0, 0.05) is 10.9 Å². The fourth-order valence-corrected chi connectivity index (χ4v) is 3.06. The molecule has 0 atom stereocenters. The van der Waals surface area contributed by atoms with Crippen LogP contribution in [0.3, 0.4) is 0 Å². The third-order valence-electron chi connectivity index (χ3n) is 3.57. The first kappa shape index (κ1) is 20.7. The fraction of sp³-hybridized carbons (Fsp3) is 0.111. The molecule has 3 aromatic rings. The number of halogens is 1. The number of hydroxylamine groups is 2. The normalized spacial score (nSPS) is 10.0. The first-order valence-corrected chi connectivity index (χ1v) is 8.72. The summed E-state index contributed by atoms with van der Waals surface area (Å²) in [7, 11) is 0.